The number of methoxy groups -OCH3 is 1. The number of carboxylic acids is 1. The van der Waals surface area contributed by atoms with Crippen LogP contribution in [0.25, 0.3) is 16.2 Å². The molecule has 0 radical (unpaired) electrons. The molecule has 2 heterocycles. The standard InChI is InChI=1S/C14H9F3N2O3S/c1-22-9-5-3-2-4-7(9)8-6-23-13-18-11(14(15,16)17)10(12(20)21)19(8)13/h2-6H,1H3,(H,20,21). The van der Waals surface area contributed by atoms with Crippen LogP contribution in [0.3, 0.4) is 0 Å². The van der Waals surface area contributed by atoms with E-state index < -0.39 is 23.5 Å². The zero-order chi connectivity index (χ0) is 16.8. The topological polar surface area (TPSA) is 63.8 Å². The molecular weight excluding hydrogens is 333 g/mol. The number of hydrogen-bond acceptors (Lipinski definition) is 4. The monoisotopic (exact) mass is 342 g/mol. The van der Waals surface area contributed by atoms with Crippen LogP contribution in [-0.2, 0) is 6.18 Å². The number of imidazole rings is 1. The molecule has 1 aromatic carbocycles. The maximum absolute atomic E-state index is 13.0. The Morgan fingerprint density at radius 1 is 1.35 bits per heavy atom. The highest BCUT2D eigenvalue weighted by Gasteiger charge is 2.41. The highest BCUT2D eigenvalue weighted by atomic mass is 32.1. The van der Waals surface area contributed by atoms with Crippen molar-refractivity contribution in [1.82, 2.24) is 9.38 Å². The van der Waals surface area contributed by atoms with Gasteiger partial charge in [0.2, 0.25) is 0 Å². The summed E-state index contributed by atoms with van der Waals surface area (Å²) in [5.74, 6) is -1.27. The van der Waals surface area contributed by atoms with Gasteiger partial charge < -0.3 is 9.84 Å². The van der Waals surface area contributed by atoms with Gasteiger partial charge in [0.15, 0.2) is 16.3 Å². The van der Waals surface area contributed by atoms with E-state index in [0.717, 1.165) is 15.7 Å². The molecule has 0 unspecified atom stereocenters. The number of alkyl halides is 3. The molecule has 0 saturated heterocycles. The summed E-state index contributed by atoms with van der Waals surface area (Å²) in [5.41, 5.74) is -1.56. The van der Waals surface area contributed by atoms with Crippen LogP contribution in [0.2, 0.25) is 0 Å². The van der Waals surface area contributed by atoms with Gasteiger partial charge in [0.25, 0.3) is 0 Å². The van der Waals surface area contributed by atoms with Crippen molar-refractivity contribution in [3.05, 3.63) is 41.0 Å². The van der Waals surface area contributed by atoms with Crippen molar-refractivity contribution in [2.24, 2.45) is 0 Å². The van der Waals surface area contributed by atoms with Gasteiger partial charge in [-0.1, -0.05) is 12.1 Å². The Bertz CT molecular complexity index is 898. The molecule has 0 aliphatic heterocycles. The van der Waals surface area contributed by atoms with Crippen LogP contribution in [-0.4, -0.2) is 27.6 Å². The zero-order valence-electron chi connectivity index (χ0n) is 11.6. The minimum atomic E-state index is -4.85. The zero-order valence-corrected chi connectivity index (χ0v) is 12.4. The normalized spacial score (nSPS) is 11.8. The fourth-order valence-electron chi connectivity index (χ4n) is 2.30. The van der Waals surface area contributed by atoms with E-state index in [4.69, 9.17) is 4.74 Å². The second kappa shape index (κ2) is 5.27. The van der Waals surface area contributed by atoms with E-state index in [1.54, 1.807) is 29.6 Å². The third-order valence-electron chi connectivity index (χ3n) is 3.22. The van der Waals surface area contributed by atoms with E-state index >= 15 is 0 Å². The predicted molar refractivity (Wildman–Crippen MR) is 77.0 cm³/mol. The molecule has 0 fully saturated rings. The number of rotatable bonds is 3. The Hall–Kier alpha value is -2.55. The lowest BCUT2D eigenvalue weighted by atomic mass is 10.1. The molecule has 1 N–H and O–H groups in total. The van der Waals surface area contributed by atoms with Crippen LogP contribution in [0.5, 0.6) is 5.75 Å². The van der Waals surface area contributed by atoms with Crippen molar-refractivity contribution in [2.45, 2.75) is 6.18 Å². The molecule has 120 valence electrons. The number of thiazole rings is 1. The quantitative estimate of drug-likeness (QED) is 0.787. The van der Waals surface area contributed by atoms with Crippen LogP contribution in [0.4, 0.5) is 13.2 Å². The van der Waals surface area contributed by atoms with Crippen LogP contribution in [0, 0.1) is 0 Å². The van der Waals surface area contributed by atoms with Crippen LogP contribution in [0.15, 0.2) is 29.6 Å². The highest BCUT2D eigenvalue weighted by molar-refractivity contribution is 7.15. The average Bonchev–Trinajstić information content (AvgIpc) is 3.05. The second-order valence-electron chi connectivity index (χ2n) is 4.55. The molecule has 23 heavy (non-hydrogen) atoms. The van der Waals surface area contributed by atoms with E-state index in [2.05, 4.69) is 4.98 Å². The number of carbonyl (C=O) groups is 1. The summed E-state index contributed by atoms with van der Waals surface area (Å²) in [6, 6.07) is 6.67. The molecule has 0 saturated carbocycles. The Morgan fingerprint density at radius 3 is 2.65 bits per heavy atom. The van der Waals surface area contributed by atoms with Gasteiger partial charge >= 0.3 is 12.1 Å². The molecule has 3 aromatic rings. The molecule has 0 spiro atoms. The number of hydrogen-bond donors (Lipinski definition) is 1. The summed E-state index contributed by atoms with van der Waals surface area (Å²) in [6.45, 7) is 0. The summed E-state index contributed by atoms with van der Waals surface area (Å²) in [6.07, 6.45) is -4.85. The van der Waals surface area contributed by atoms with Gasteiger partial charge in [0, 0.05) is 10.9 Å². The van der Waals surface area contributed by atoms with E-state index in [1.807, 2.05) is 0 Å². The summed E-state index contributed by atoms with van der Waals surface area (Å²) >= 11 is 0.929. The van der Waals surface area contributed by atoms with Gasteiger partial charge in [-0.2, -0.15) is 13.2 Å². The largest absolute Gasteiger partial charge is 0.496 e. The van der Waals surface area contributed by atoms with Crippen molar-refractivity contribution < 1.29 is 27.8 Å². The molecule has 0 aliphatic carbocycles. The first-order valence-electron chi connectivity index (χ1n) is 6.28. The predicted octanol–water partition coefficient (Wildman–Crippen LogP) is 3.79. The summed E-state index contributed by atoms with van der Waals surface area (Å²) in [4.78, 5) is 14.8. The van der Waals surface area contributed by atoms with Gasteiger partial charge in [-0.3, -0.25) is 4.40 Å². The Morgan fingerprint density at radius 2 is 2.04 bits per heavy atom. The van der Waals surface area contributed by atoms with E-state index in [-0.39, 0.29) is 10.7 Å². The lowest BCUT2D eigenvalue weighted by Crippen LogP contribution is -2.14. The molecule has 0 aliphatic rings. The van der Waals surface area contributed by atoms with Crippen molar-refractivity contribution in [2.75, 3.05) is 7.11 Å². The van der Waals surface area contributed by atoms with Crippen molar-refractivity contribution in [3.63, 3.8) is 0 Å². The van der Waals surface area contributed by atoms with E-state index in [1.165, 1.54) is 7.11 Å². The number of ether oxygens (including phenoxy) is 1. The van der Waals surface area contributed by atoms with Crippen LogP contribution in [0.1, 0.15) is 16.2 Å². The number of para-hydroxylation sites is 1. The summed E-state index contributed by atoms with van der Waals surface area (Å²) in [7, 11) is 1.43. The Labute approximate surface area is 131 Å². The molecule has 0 bridgehead atoms. The van der Waals surface area contributed by atoms with E-state index in [0.29, 0.717) is 11.3 Å². The van der Waals surface area contributed by atoms with Gasteiger partial charge in [-0.25, -0.2) is 9.78 Å². The summed E-state index contributed by atoms with van der Waals surface area (Å²) in [5, 5.41) is 10.8. The SMILES string of the molecule is COc1ccccc1-c1csc2nc(C(F)(F)F)c(C(=O)O)n12. The first kappa shape index (κ1) is 15.3. The van der Waals surface area contributed by atoms with Gasteiger partial charge in [-0.05, 0) is 12.1 Å². The molecule has 3 rings (SSSR count). The third kappa shape index (κ3) is 2.42. The van der Waals surface area contributed by atoms with Crippen molar-refractivity contribution in [1.29, 1.82) is 0 Å². The fraction of sp³-hybridized carbons (Fsp3) is 0.143. The number of benzene rings is 1. The number of fused-ring (bicyclic) bond motifs is 1. The molecule has 0 amide bonds. The maximum Gasteiger partial charge on any atom is 0.435 e. The van der Waals surface area contributed by atoms with Crippen molar-refractivity contribution >= 4 is 22.3 Å². The highest BCUT2D eigenvalue weighted by Crippen LogP contribution is 2.38. The lowest BCUT2D eigenvalue weighted by molar-refractivity contribution is -0.141. The van der Waals surface area contributed by atoms with Crippen LogP contribution < -0.4 is 4.74 Å². The molecule has 9 heteroatoms. The average molecular weight is 342 g/mol. The van der Waals surface area contributed by atoms with Crippen molar-refractivity contribution in [3.8, 4) is 17.0 Å². The number of aromatic carboxylic acids is 1. The van der Waals surface area contributed by atoms with Gasteiger partial charge in [0.1, 0.15) is 5.75 Å². The third-order valence-corrected chi connectivity index (χ3v) is 4.04. The Kier molecular flexibility index (Phi) is 3.52. The number of nitrogens with zero attached hydrogens (tertiary/aromatic N) is 2. The summed E-state index contributed by atoms with van der Waals surface area (Å²) < 4.78 is 45.3. The van der Waals surface area contributed by atoms with Crippen LogP contribution >= 0.6 is 11.3 Å². The minimum absolute atomic E-state index is 0.0457. The lowest BCUT2D eigenvalue weighted by Gasteiger charge is -2.09. The molecule has 2 aromatic heterocycles. The number of halogens is 3. The fourth-order valence-corrected chi connectivity index (χ4v) is 3.19. The minimum Gasteiger partial charge on any atom is -0.496 e. The first-order valence-corrected chi connectivity index (χ1v) is 7.16. The second-order valence-corrected chi connectivity index (χ2v) is 5.39. The van der Waals surface area contributed by atoms with E-state index in [9.17, 15) is 23.1 Å². The maximum atomic E-state index is 13.0. The number of aromatic nitrogens is 2. The number of carboxylic acid groups (broad SMARTS) is 1. The van der Waals surface area contributed by atoms with Gasteiger partial charge in [0.05, 0.1) is 12.8 Å². The molecule has 5 nitrogen and oxygen atoms in total. The van der Waals surface area contributed by atoms with Gasteiger partial charge in [-0.15, -0.1) is 11.3 Å². The smallest absolute Gasteiger partial charge is 0.435 e. The first-order chi connectivity index (χ1) is 10.8. The molecule has 0 atom stereocenters. The molecular formula is C14H9F3N2O3S. The Balaban J connectivity index is 2.36.